The molecule has 0 saturated carbocycles. The summed E-state index contributed by atoms with van der Waals surface area (Å²) in [5, 5.41) is 1.73. The topological polar surface area (TPSA) is 46.6 Å². The molecule has 2 rings (SSSR count). The van der Waals surface area contributed by atoms with Crippen LogP contribution in [-0.2, 0) is 14.9 Å². The Balaban J connectivity index is 2.37. The van der Waals surface area contributed by atoms with Gasteiger partial charge in [0.05, 0.1) is 6.61 Å². The molecular formula is C7H8BrNO3S2. The molecule has 1 aliphatic rings. The Labute approximate surface area is 94.6 Å². The van der Waals surface area contributed by atoms with Crippen molar-refractivity contribution in [1.82, 2.24) is 4.47 Å². The normalized spacial score (nSPS) is 18.9. The third kappa shape index (κ3) is 1.74. The zero-order chi connectivity index (χ0) is 10.2. The standard InChI is InChI=1S/C7H8BrNO3S2/c8-6-2-5-13-7(6)14(10,11)9-3-1-4-12-9/h2,5H,1,3-4H2. The zero-order valence-electron chi connectivity index (χ0n) is 7.14. The summed E-state index contributed by atoms with van der Waals surface area (Å²) < 4.78 is 25.8. The van der Waals surface area contributed by atoms with E-state index in [1.165, 1.54) is 11.3 Å². The van der Waals surface area contributed by atoms with E-state index in [-0.39, 0.29) is 0 Å². The predicted octanol–water partition coefficient (Wildman–Crippen LogP) is 1.84. The van der Waals surface area contributed by atoms with Crippen LogP contribution < -0.4 is 0 Å². The Hall–Kier alpha value is 0.0500. The van der Waals surface area contributed by atoms with Gasteiger partial charge in [0.1, 0.15) is 0 Å². The number of rotatable bonds is 2. The van der Waals surface area contributed by atoms with E-state index in [1.807, 2.05) is 0 Å². The molecule has 0 aromatic carbocycles. The summed E-state index contributed by atoms with van der Waals surface area (Å²) in [6, 6.07) is 1.72. The van der Waals surface area contributed by atoms with Gasteiger partial charge in [0.25, 0.3) is 10.0 Å². The maximum Gasteiger partial charge on any atom is 0.275 e. The molecule has 14 heavy (non-hydrogen) atoms. The Morgan fingerprint density at radius 2 is 2.36 bits per heavy atom. The monoisotopic (exact) mass is 297 g/mol. The molecule has 4 nitrogen and oxygen atoms in total. The van der Waals surface area contributed by atoms with Crippen molar-refractivity contribution in [2.75, 3.05) is 13.2 Å². The Kier molecular flexibility index (Phi) is 2.94. The maximum atomic E-state index is 11.9. The van der Waals surface area contributed by atoms with E-state index in [9.17, 15) is 8.42 Å². The van der Waals surface area contributed by atoms with Crippen LogP contribution in [0.15, 0.2) is 20.1 Å². The largest absolute Gasteiger partial charge is 0.284 e. The Morgan fingerprint density at radius 1 is 1.57 bits per heavy atom. The maximum absolute atomic E-state index is 11.9. The lowest BCUT2D eigenvalue weighted by molar-refractivity contribution is -0.0283. The molecule has 1 aromatic heterocycles. The fraction of sp³-hybridized carbons (Fsp3) is 0.429. The number of hydrogen-bond acceptors (Lipinski definition) is 4. The van der Waals surface area contributed by atoms with Gasteiger partial charge in [0.2, 0.25) is 0 Å². The van der Waals surface area contributed by atoms with Gasteiger partial charge in [-0.25, -0.2) is 8.42 Å². The minimum absolute atomic E-state index is 0.305. The first kappa shape index (κ1) is 10.6. The van der Waals surface area contributed by atoms with E-state index in [0.29, 0.717) is 21.8 Å². The lowest BCUT2D eigenvalue weighted by atomic mass is 10.5. The van der Waals surface area contributed by atoms with E-state index in [2.05, 4.69) is 15.9 Å². The predicted molar refractivity (Wildman–Crippen MR) is 56.5 cm³/mol. The summed E-state index contributed by atoms with van der Waals surface area (Å²) in [6.07, 6.45) is 0.752. The molecule has 1 saturated heterocycles. The van der Waals surface area contributed by atoms with Crippen LogP contribution >= 0.6 is 27.3 Å². The van der Waals surface area contributed by atoms with E-state index in [1.54, 1.807) is 11.4 Å². The minimum atomic E-state index is -3.44. The second-order valence-corrected chi connectivity index (χ2v) is 6.57. The third-order valence-corrected chi connectivity index (χ3v) is 6.13. The quantitative estimate of drug-likeness (QED) is 0.837. The fourth-order valence-electron chi connectivity index (χ4n) is 1.17. The van der Waals surface area contributed by atoms with Crippen LogP contribution in [0.25, 0.3) is 0 Å². The first-order valence-corrected chi connectivity index (χ1v) is 7.12. The molecule has 7 heteroatoms. The summed E-state index contributed by atoms with van der Waals surface area (Å²) in [7, 11) is -3.44. The molecule has 1 aliphatic heterocycles. The van der Waals surface area contributed by atoms with Crippen molar-refractivity contribution in [2.24, 2.45) is 0 Å². The van der Waals surface area contributed by atoms with E-state index < -0.39 is 10.0 Å². The Morgan fingerprint density at radius 3 is 2.86 bits per heavy atom. The van der Waals surface area contributed by atoms with E-state index in [4.69, 9.17) is 4.84 Å². The average molecular weight is 298 g/mol. The molecule has 0 bridgehead atoms. The van der Waals surface area contributed by atoms with Gasteiger partial charge >= 0.3 is 0 Å². The first-order valence-electron chi connectivity index (χ1n) is 4.01. The Bertz CT molecular complexity index is 422. The van der Waals surface area contributed by atoms with Gasteiger partial charge in [0.15, 0.2) is 4.21 Å². The van der Waals surface area contributed by atoms with Gasteiger partial charge in [0, 0.05) is 11.0 Å². The second kappa shape index (κ2) is 3.90. The van der Waals surface area contributed by atoms with Gasteiger partial charge in [-0.3, -0.25) is 4.84 Å². The molecule has 2 heterocycles. The number of hydroxylamine groups is 1. The highest BCUT2D eigenvalue weighted by molar-refractivity contribution is 9.10. The van der Waals surface area contributed by atoms with E-state index in [0.717, 1.165) is 10.9 Å². The molecule has 0 amide bonds. The van der Waals surface area contributed by atoms with Crippen LogP contribution in [0, 0.1) is 0 Å². The number of nitrogens with zero attached hydrogens (tertiary/aromatic N) is 1. The number of hydrogen-bond donors (Lipinski definition) is 0. The van der Waals surface area contributed by atoms with Crippen molar-refractivity contribution in [1.29, 1.82) is 0 Å². The highest BCUT2D eigenvalue weighted by Gasteiger charge is 2.31. The first-order chi connectivity index (χ1) is 6.62. The lowest BCUT2D eigenvalue weighted by Crippen LogP contribution is -2.26. The molecule has 0 unspecified atom stereocenters. The molecule has 1 aromatic rings. The summed E-state index contributed by atoms with van der Waals surface area (Å²) in [5.41, 5.74) is 0. The highest BCUT2D eigenvalue weighted by atomic mass is 79.9. The van der Waals surface area contributed by atoms with Crippen molar-refractivity contribution < 1.29 is 13.3 Å². The van der Waals surface area contributed by atoms with Gasteiger partial charge < -0.3 is 0 Å². The number of halogens is 1. The SMILES string of the molecule is O=S(=O)(c1sccc1Br)N1CCCO1. The molecule has 0 spiro atoms. The van der Waals surface area contributed by atoms with Crippen LogP contribution in [-0.4, -0.2) is 26.0 Å². The van der Waals surface area contributed by atoms with Gasteiger partial charge in [-0.05, 0) is 33.8 Å². The minimum Gasteiger partial charge on any atom is -0.284 e. The van der Waals surface area contributed by atoms with Crippen molar-refractivity contribution in [3.8, 4) is 0 Å². The summed E-state index contributed by atoms with van der Waals surface area (Å²) in [4.78, 5) is 5.03. The second-order valence-electron chi connectivity index (χ2n) is 2.77. The third-order valence-electron chi connectivity index (χ3n) is 1.81. The molecule has 78 valence electrons. The van der Waals surface area contributed by atoms with Crippen LogP contribution in [0.4, 0.5) is 0 Å². The molecular weight excluding hydrogens is 290 g/mol. The molecule has 0 atom stereocenters. The van der Waals surface area contributed by atoms with Crippen molar-refractivity contribution in [3.63, 3.8) is 0 Å². The van der Waals surface area contributed by atoms with E-state index >= 15 is 0 Å². The van der Waals surface area contributed by atoms with Gasteiger partial charge in [-0.1, -0.05) is 4.47 Å². The molecule has 0 N–H and O–H groups in total. The fourth-order valence-corrected chi connectivity index (χ4v) is 4.86. The van der Waals surface area contributed by atoms with Crippen molar-refractivity contribution in [2.45, 2.75) is 10.6 Å². The van der Waals surface area contributed by atoms with Crippen LogP contribution in [0.1, 0.15) is 6.42 Å². The molecule has 0 radical (unpaired) electrons. The summed E-state index contributed by atoms with van der Waals surface area (Å²) >= 11 is 4.39. The number of sulfonamides is 1. The average Bonchev–Trinajstić information content (AvgIpc) is 2.72. The van der Waals surface area contributed by atoms with Crippen LogP contribution in [0.5, 0.6) is 0 Å². The lowest BCUT2D eigenvalue weighted by Gasteiger charge is -2.12. The van der Waals surface area contributed by atoms with Crippen molar-refractivity contribution >= 4 is 37.3 Å². The summed E-state index contributed by atoms with van der Waals surface area (Å²) in [5.74, 6) is 0. The molecule has 1 fully saturated rings. The van der Waals surface area contributed by atoms with Gasteiger partial charge in [-0.2, -0.15) is 0 Å². The smallest absolute Gasteiger partial charge is 0.275 e. The van der Waals surface area contributed by atoms with Crippen LogP contribution in [0.3, 0.4) is 0 Å². The molecule has 0 aliphatic carbocycles. The summed E-state index contributed by atoms with van der Waals surface area (Å²) in [6.45, 7) is 0.912. The van der Waals surface area contributed by atoms with Crippen LogP contribution in [0.2, 0.25) is 0 Å². The number of thiophene rings is 1. The highest BCUT2D eigenvalue weighted by Crippen LogP contribution is 2.31. The van der Waals surface area contributed by atoms with Gasteiger partial charge in [-0.15, -0.1) is 11.3 Å². The zero-order valence-corrected chi connectivity index (χ0v) is 10.4. The van der Waals surface area contributed by atoms with Crippen molar-refractivity contribution in [3.05, 3.63) is 15.9 Å².